The number of anilines is 1. The van der Waals surface area contributed by atoms with Crippen molar-refractivity contribution in [1.29, 1.82) is 5.26 Å². The van der Waals surface area contributed by atoms with Gasteiger partial charge in [0, 0.05) is 30.9 Å². The van der Waals surface area contributed by atoms with E-state index in [4.69, 9.17) is 5.26 Å². The molecule has 1 saturated carbocycles. The third kappa shape index (κ3) is 5.61. The molecule has 0 spiro atoms. The van der Waals surface area contributed by atoms with Gasteiger partial charge in [0.1, 0.15) is 0 Å². The maximum Gasteiger partial charge on any atom is 0.322 e. The molecule has 32 heavy (non-hydrogen) atoms. The van der Waals surface area contributed by atoms with Crippen molar-refractivity contribution in [2.24, 2.45) is 0 Å². The minimum Gasteiger partial charge on any atom is -0.385 e. The molecule has 0 saturated heterocycles. The van der Waals surface area contributed by atoms with Crippen LogP contribution in [-0.4, -0.2) is 54.2 Å². The second-order valence-corrected chi connectivity index (χ2v) is 8.51. The van der Waals surface area contributed by atoms with Crippen LogP contribution < -0.4 is 5.32 Å². The molecule has 0 aromatic heterocycles. The van der Waals surface area contributed by atoms with Gasteiger partial charge in [-0.3, -0.25) is 0 Å². The quantitative estimate of drug-likeness (QED) is 0.707. The van der Waals surface area contributed by atoms with E-state index < -0.39 is 17.2 Å². The fourth-order valence-corrected chi connectivity index (χ4v) is 4.09. The Labute approximate surface area is 187 Å². The normalized spacial score (nSPS) is 20.6. The molecule has 2 amide bonds. The molecule has 2 N–H and O–H groups in total. The lowest BCUT2D eigenvalue weighted by atomic mass is 9.77. The average molecular weight is 443 g/mol. The maximum atomic E-state index is 13.5. The summed E-state index contributed by atoms with van der Waals surface area (Å²) in [4.78, 5) is 16.7. The highest BCUT2D eigenvalue weighted by molar-refractivity contribution is 5.89. The van der Waals surface area contributed by atoms with Gasteiger partial charge in [-0.25, -0.2) is 13.6 Å². The summed E-state index contributed by atoms with van der Waals surface area (Å²) in [6.07, 6.45) is 2.05. The summed E-state index contributed by atoms with van der Waals surface area (Å²) in [5.74, 6) is -2.00. The predicted molar refractivity (Wildman–Crippen MR) is 118 cm³/mol. The number of likely N-dealkylation sites (N-methyl/N-ethyl adjacent to an activating group) is 1. The molecule has 2 aromatic carbocycles. The number of rotatable bonds is 6. The van der Waals surface area contributed by atoms with Gasteiger partial charge in [-0.2, -0.15) is 5.26 Å². The van der Waals surface area contributed by atoms with Gasteiger partial charge in [-0.05, 0) is 69.6 Å². The number of benzene rings is 2. The number of hydrogen-bond acceptors (Lipinski definition) is 4. The fraction of sp³-hybridized carbons (Fsp3) is 0.417. The van der Waals surface area contributed by atoms with Gasteiger partial charge in [0.2, 0.25) is 0 Å². The molecule has 6 nitrogen and oxygen atoms in total. The molecule has 0 aliphatic heterocycles. The number of nitriles is 1. The Balaban J connectivity index is 1.72. The predicted octanol–water partition coefficient (Wildman–Crippen LogP) is 4.06. The molecule has 0 atom stereocenters. The highest BCUT2D eigenvalue weighted by atomic mass is 19.2. The zero-order valence-corrected chi connectivity index (χ0v) is 18.3. The second-order valence-electron chi connectivity index (χ2n) is 8.51. The summed E-state index contributed by atoms with van der Waals surface area (Å²) in [5, 5.41) is 23.0. The van der Waals surface area contributed by atoms with Gasteiger partial charge in [-0.15, -0.1) is 0 Å². The highest BCUT2D eigenvalue weighted by Crippen LogP contribution is 2.39. The van der Waals surface area contributed by atoms with E-state index in [0.717, 1.165) is 12.1 Å². The molecule has 1 fully saturated rings. The third-order valence-corrected chi connectivity index (χ3v) is 5.97. The van der Waals surface area contributed by atoms with Crippen molar-refractivity contribution in [2.45, 2.75) is 37.3 Å². The van der Waals surface area contributed by atoms with Crippen LogP contribution >= 0.6 is 0 Å². The Bertz CT molecular complexity index is 998. The zero-order chi connectivity index (χ0) is 23.3. The Morgan fingerprint density at radius 1 is 1.16 bits per heavy atom. The van der Waals surface area contributed by atoms with Crippen LogP contribution in [-0.2, 0) is 5.60 Å². The zero-order valence-electron chi connectivity index (χ0n) is 18.3. The molecule has 8 heteroatoms. The molecule has 1 aliphatic rings. The van der Waals surface area contributed by atoms with Gasteiger partial charge >= 0.3 is 6.03 Å². The lowest BCUT2D eigenvalue weighted by Gasteiger charge is -2.41. The molecule has 3 rings (SSSR count). The molecular formula is C24H28F2N4O2. The molecule has 170 valence electrons. The molecular weight excluding hydrogens is 414 g/mol. The number of hydrogen-bond donors (Lipinski definition) is 2. The number of nitrogens with zero attached hydrogens (tertiary/aromatic N) is 3. The van der Waals surface area contributed by atoms with E-state index in [1.165, 1.54) is 6.07 Å². The van der Waals surface area contributed by atoms with Crippen LogP contribution in [0.1, 0.15) is 36.8 Å². The van der Waals surface area contributed by atoms with Gasteiger partial charge in [0.15, 0.2) is 11.6 Å². The van der Waals surface area contributed by atoms with Crippen molar-refractivity contribution in [3.8, 4) is 6.07 Å². The van der Waals surface area contributed by atoms with Crippen molar-refractivity contribution in [3.63, 3.8) is 0 Å². The van der Waals surface area contributed by atoms with Crippen molar-refractivity contribution < 1.29 is 18.7 Å². The number of halogens is 2. The van der Waals surface area contributed by atoms with E-state index in [1.54, 1.807) is 23.1 Å². The average Bonchev–Trinajstić information content (AvgIpc) is 2.77. The first-order chi connectivity index (χ1) is 15.2. The minimum atomic E-state index is -1.05. The number of aliphatic hydroxyl groups is 1. The van der Waals surface area contributed by atoms with Crippen LogP contribution in [0.5, 0.6) is 0 Å². The monoisotopic (exact) mass is 442 g/mol. The van der Waals surface area contributed by atoms with Crippen molar-refractivity contribution in [1.82, 2.24) is 9.80 Å². The summed E-state index contributed by atoms with van der Waals surface area (Å²) in [7, 11) is 3.82. The third-order valence-electron chi connectivity index (χ3n) is 5.97. The smallest absolute Gasteiger partial charge is 0.322 e. The van der Waals surface area contributed by atoms with Crippen LogP contribution in [0.4, 0.5) is 19.3 Å². The van der Waals surface area contributed by atoms with Gasteiger partial charge in [0.25, 0.3) is 0 Å². The number of carbonyl (C=O) groups is 1. The molecule has 0 bridgehead atoms. The maximum absolute atomic E-state index is 13.5. The summed E-state index contributed by atoms with van der Waals surface area (Å²) in [6.45, 7) is 1.09. The van der Waals surface area contributed by atoms with Crippen molar-refractivity contribution in [2.75, 3.05) is 32.5 Å². The number of amides is 2. The summed E-state index contributed by atoms with van der Waals surface area (Å²) in [6, 6.07) is 11.8. The van der Waals surface area contributed by atoms with Crippen LogP contribution in [0.25, 0.3) is 0 Å². The Morgan fingerprint density at radius 3 is 2.50 bits per heavy atom. The Kier molecular flexibility index (Phi) is 7.44. The molecule has 1 aliphatic carbocycles. The topological polar surface area (TPSA) is 79.6 Å². The largest absolute Gasteiger partial charge is 0.385 e. The standard InChI is InChI=1S/C24H28F2N4O2/c1-29(2)12-13-30(23(31)28-19-6-7-21(25)22(26)15-19)20-8-10-24(32,11-9-20)18-5-3-4-17(14-18)16-27/h3-7,14-15,20,32H,8-13H2,1-2H3,(H,28,31). The van der Waals surface area contributed by atoms with E-state index in [0.29, 0.717) is 49.9 Å². The van der Waals surface area contributed by atoms with Crippen LogP contribution in [0.15, 0.2) is 42.5 Å². The summed E-state index contributed by atoms with van der Waals surface area (Å²) < 4.78 is 26.8. The van der Waals surface area contributed by atoms with Crippen molar-refractivity contribution in [3.05, 3.63) is 65.2 Å². The van der Waals surface area contributed by atoms with E-state index in [9.17, 15) is 18.7 Å². The Morgan fingerprint density at radius 2 is 1.88 bits per heavy atom. The molecule has 0 radical (unpaired) electrons. The SMILES string of the molecule is CN(C)CCN(C(=O)Nc1ccc(F)c(F)c1)C1CCC(O)(c2cccc(C#N)c2)CC1. The number of carbonyl (C=O) groups excluding carboxylic acids is 1. The van der Waals surface area contributed by atoms with E-state index >= 15 is 0 Å². The first-order valence-electron chi connectivity index (χ1n) is 10.6. The summed E-state index contributed by atoms with van der Waals surface area (Å²) in [5.41, 5.74) is 0.342. The van der Waals surface area contributed by atoms with E-state index in [1.807, 2.05) is 25.1 Å². The van der Waals surface area contributed by atoms with E-state index in [2.05, 4.69) is 11.4 Å². The molecule has 0 heterocycles. The first-order valence-corrected chi connectivity index (χ1v) is 10.6. The van der Waals surface area contributed by atoms with Crippen molar-refractivity contribution >= 4 is 11.7 Å². The van der Waals surface area contributed by atoms with Crippen LogP contribution in [0.3, 0.4) is 0 Å². The summed E-state index contributed by atoms with van der Waals surface area (Å²) >= 11 is 0. The van der Waals surface area contributed by atoms with Gasteiger partial charge in [-0.1, -0.05) is 12.1 Å². The number of urea groups is 1. The lowest BCUT2D eigenvalue weighted by Crippen LogP contribution is -2.49. The number of nitrogens with one attached hydrogen (secondary N) is 1. The van der Waals surface area contributed by atoms with Crippen LogP contribution in [0, 0.1) is 23.0 Å². The Hall–Kier alpha value is -3.02. The fourth-order valence-electron chi connectivity index (χ4n) is 4.09. The minimum absolute atomic E-state index is 0.111. The molecule has 2 aromatic rings. The molecule has 0 unspecified atom stereocenters. The van der Waals surface area contributed by atoms with Gasteiger partial charge in [0.05, 0.1) is 17.2 Å². The van der Waals surface area contributed by atoms with E-state index in [-0.39, 0.29) is 17.8 Å². The van der Waals surface area contributed by atoms with Gasteiger partial charge < -0.3 is 20.2 Å². The second kappa shape index (κ2) is 10.1. The van der Waals surface area contributed by atoms with Crippen LogP contribution in [0.2, 0.25) is 0 Å². The lowest BCUT2D eigenvalue weighted by molar-refractivity contribution is -0.0196. The first kappa shape index (κ1) is 23.6. The highest BCUT2D eigenvalue weighted by Gasteiger charge is 2.38.